The van der Waals surface area contributed by atoms with Gasteiger partial charge in [-0.2, -0.15) is 13.2 Å². The zero-order valence-electron chi connectivity index (χ0n) is 10.3. The van der Waals surface area contributed by atoms with E-state index in [2.05, 4.69) is 10.3 Å². The largest absolute Gasteiger partial charge is 0.481 e. The summed E-state index contributed by atoms with van der Waals surface area (Å²) in [6.45, 7) is 1.61. The molecule has 5 nitrogen and oxygen atoms in total. The standard InChI is InChI=1S/C12H10F3N3O2/c1-7-2-3-8(12(13,14)15)4-10(7)18-9(5-11(19)20)6-16-17-18/h2-4,6H,5H2,1H3,(H,19,20). The van der Waals surface area contributed by atoms with E-state index >= 15 is 0 Å². The van der Waals surface area contributed by atoms with Gasteiger partial charge in [-0.3, -0.25) is 4.79 Å². The molecule has 0 saturated heterocycles. The monoisotopic (exact) mass is 285 g/mol. The van der Waals surface area contributed by atoms with Crippen molar-refractivity contribution in [3.05, 3.63) is 41.2 Å². The zero-order chi connectivity index (χ0) is 14.9. The summed E-state index contributed by atoms with van der Waals surface area (Å²) in [4.78, 5) is 10.7. The first kappa shape index (κ1) is 14.0. The number of halogens is 3. The zero-order valence-corrected chi connectivity index (χ0v) is 10.3. The minimum Gasteiger partial charge on any atom is -0.481 e. The first-order valence-electron chi connectivity index (χ1n) is 5.58. The van der Waals surface area contributed by atoms with Crippen LogP contribution in [0.4, 0.5) is 13.2 Å². The lowest BCUT2D eigenvalue weighted by Crippen LogP contribution is -2.11. The van der Waals surface area contributed by atoms with E-state index in [9.17, 15) is 18.0 Å². The average Bonchev–Trinajstić information content (AvgIpc) is 2.75. The van der Waals surface area contributed by atoms with Crippen molar-refractivity contribution >= 4 is 5.97 Å². The van der Waals surface area contributed by atoms with Crippen LogP contribution in [0.5, 0.6) is 0 Å². The van der Waals surface area contributed by atoms with Crippen molar-refractivity contribution in [3.63, 3.8) is 0 Å². The number of hydrogen-bond donors (Lipinski definition) is 1. The maximum atomic E-state index is 12.7. The smallest absolute Gasteiger partial charge is 0.416 e. The fourth-order valence-corrected chi connectivity index (χ4v) is 1.75. The fraction of sp³-hybridized carbons (Fsp3) is 0.250. The van der Waals surface area contributed by atoms with E-state index in [0.29, 0.717) is 5.56 Å². The van der Waals surface area contributed by atoms with E-state index in [4.69, 9.17) is 5.11 Å². The highest BCUT2D eigenvalue weighted by molar-refractivity contribution is 5.69. The van der Waals surface area contributed by atoms with Crippen LogP contribution in [0, 0.1) is 6.92 Å². The average molecular weight is 285 g/mol. The molecular weight excluding hydrogens is 275 g/mol. The molecule has 1 heterocycles. The summed E-state index contributed by atoms with van der Waals surface area (Å²) < 4.78 is 39.2. The van der Waals surface area contributed by atoms with Crippen LogP contribution in [-0.4, -0.2) is 26.1 Å². The van der Waals surface area contributed by atoms with Gasteiger partial charge >= 0.3 is 12.1 Å². The third-order valence-corrected chi connectivity index (χ3v) is 2.72. The Morgan fingerprint density at radius 2 is 2.10 bits per heavy atom. The molecule has 1 N–H and O–H groups in total. The van der Waals surface area contributed by atoms with Crippen molar-refractivity contribution in [3.8, 4) is 5.69 Å². The summed E-state index contributed by atoms with van der Waals surface area (Å²) in [6, 6.07) is 3.20. The minimum atomic E-state index is -4.48. The van der Waals surface area contributed by atoms with Crippen molar-refractivity contribution in [2.75, 3.05) is 0 Å². The summed E-state index contributed by atoms with van der Waals surface area (Å²) >= 11 is 0. The lowest BCUT2D eigenvalue weighted by atomic mass is 10.1. The molecule has 8 heteroatoms. The molecule has 0 unspecified atom stereocenters. The molecule has 1 aromatic carbocycles. The van der Waals surface area contributed by atoms with Crippen molar-refractivity contribution in [2.24, 2.45) is 0 Å². The van der Waals surface area contributed by atoms with Gasteiger partial charge in [0.15, 0.2) is 0 Å². The molecule has 0 aliphatic heterocycles. The van der Waals surface area contributed by atoms with Crippen LogP contribution in [0.3, 0.4) is 0 Å². The molecule has 106 valence electrons. The molecule has 0 amide bonds. The van der Waals surface area contributed by atoms with Crippen LogP contribution in [0.15, 0.2) is 24.4 Å². The fourth-order valence-electron chi connectivity index (χ4n) is 1.75. The Morgan fingerprint density at radius 3 is 2.70 bits per heavy atom. The van der Waals surface area contributed by atoms with Crippen molar-refractivity contribution in [1.29, 1.82) is 0 Å². The lowest BCUT2D eigenvalue weighted by Gasteiger charge is -2.12. The van der Waals surface area contributed by atoms with Crippen LogP contribution in [0.2, 0.25) is 0 Å². The Bertz CT molecular complexity index is 650. The predicted molar refractivity (Wildman–Crippen MR) is 62.4 cm³/mol. The molecule has 2 aromatic rings. The summed E-state index contributed by atoms with van der Waals surface area (Å²) in [5.74, 6) is -1.11. The van der Waals surface area contributed by atoms with Crippen molar-refractivity contribution < 1.29 is 23.1 Å². The summed E-state index contributed by atoms with van der Waals surface area (Å²) in [7, 11) is 0. The molecule has 0 bridgehead atoms. The van der Waals surface area contributed by atoms with Gasteiger partial charge in [-0.25, -0.2) is 4.68 Å². The summed E-state index contributed by atoms with van der Waals surface area (Å²) in [5, 5.41) is 16.0. The third kappa shape index (κ3) is 2.79. The lowest BCUT2D eigenvalue weighted by molar-refractivity contribution is -0.138. The van der Waals surface area contributed by atoms with E-state index in [-0.39, 0.29) is 17.8 Å². The van der Waals surface area contributed by atoms with Gasteiger partial charge < -0.3 is 5.11 Å². The number of carboxylic acid groups (broad SMARTS) is 1. The molecule has 0 atom stereocenters. The Morgan fingerprint density at radius 1 is 1.40 bits per heavy atom. The van der Waals surface area contributed by atoms with Crippen LogP contribution >= 0.6 is 0 Å². The quantitative estimate of drug-likeness (QED) is 0.939. The second-order valence-corrected chi connectivity index (χ2v) is 4.21. The number of rotatable bonds is 3. The Labute approximate surface area is 111 Å². The number of alkyl halides is 3. The molecule has 0 spiro atoms. The molecule has 0 aliphatic rings. The van der Waals surface area contributed by atoms with Gasteiger partial charge in [0.2, 0.25) is 0 Å². The first-order valence-corrected chi connectivity index (χ1v) is 5.58. The Kier molecular flexibility index (Phi) is 3.47. The van der Waals surface area contributed by atoms with E-state index < -0.39 is 17.7 Å². The predicted octanol–water partition coefficient (Wildman–Crippen LogP) is 2.22. The highest BCUT2D eigenvalue weighted by Crippen LogP contribution is 2.31. The van der Waals surface area contributed by atoms with E-state index in [1.165, 1.54) is 12.3 Å². The van der Waals surface area contributed by atoms with Crippen LogP contribution in [0.1, 0.15) is 16.8 Å². The number of carbonyl (C=O) groups is 1. The number of nitrogens with zero attached hydrogens (tertiary/aromatic N) is 3. The number of carboxylic acids is 1. The molecule has 1 aromatic heterocycles. The number of aryl methyl sites for hydroxylation is 1. The number of aromatic nitrogens is 3. The number of hydrogen-bond acceptors (Lipinski definition) is 3. The van der Waals surface area contributed by atoms with Crippen molar-refractivity contribution in [2.45, 2.75) is 19.5 Å². The van der Waals surface area contributed by atoms with Crippen LogP contribution in [0.25, 0.3) is 5.69 Å². The van der Waals surface area contributed by atoms with Gasteiger partial charge in [0.05, 0.1) is 29.6 Å². The third-order valence-electron chi connectivity index (χ3n) is 2.72. The van der Waals surface area contributed by atoms with Gasteiger partial charge in [-0.1, -0.05) is 11.3 Å². The van der Waals surface area contributed by atoms with Gasteiger partial charge in [0.1, 0.15) is 0 Å². The molecule has 0 aliphatic carbocycles. The van der Waals surface area contributed by atoms with E-state index in [1.54, 1.807) is 6.92 Å². The van der Waals surface area contributed by atoms with Crippen LogP contribution in [-0.2, 0) is 17.4 Å². The minimum absolute atomic E-state index is 0.161. The second-order valence-electron chi connectivity index (χ2n) is 4.21. The highest BCUT2D eigenvalue weighted by atomic mass is 19.4. The molecule has 0 radical (unpaired) electrons. The van der Waals surface area contributed by atoms with Gasteiger partial charge in [0, 0.05) is 0 Å². The Hall–Kier alpha value is -2.38. The van der Waals surface area contributed by atoms with Crippen molar-refractivity contribution in [1.82, 2.24) is 15.0 Å². The summed E-state index contributed by atoms with van der Waals surface area (Å²) in [6.07, 6.45) is -3.63. The number of aliphatic carboxylic acids is 1. The molecule has 2 rings (SSSR count). The van der Waals surface area contributed by atoms with Gasteiger partial charge in [0.25, 0.3) is 0 Å². The topological polar surface area (TPSA) is 68.0 Å². The van der Waals surface area contributed by atoms with E-state index in [0.717, 1.165) is 16.8 Å². The van der Waals surface area contributed by atoms with Gasteiger partial charge in [-0.15, -0.1) is 5.10 Å². The summed E-state index contributed by atoms with van der Waals surface area (Å²) in [5.41, 5.74) is 0.0820. The Balaban J connectivity index is 2.52. The first-order chi connectivity index (χ1) is 9.29. The SMILES string of the molecule is Cc1ccc(C(F)(F)F)cc1-n1nncc1CC(=O)O. The van der Waals surface area contributed by atoms with E-state index in [1.807, 2.05) is 0 Å². The van der Waals surface area contributed by atoms with Crippen LogP contribution < -0.4 is 0 Å². The van der Waals surface area contributed by atoms with Gasteiger partial charge in [-0.05, 0) is 24.6 Å². The normalized spacial score (nSPS) is 11.6. The maximum Gasteiger partial charge on any atom is 0.416 e. The molecule has 0 fully saturated rings. The molecule has 0 saturated carbocycles. The maximum absolute atomic E-state index is 12.7. The molecular formula is C12H10F3N3O2. The second kappa shape index (κ2) is 4.95. The number of benzene rings is 1. The highest BCUT2D eigenvalue weighted by Gasteiger charge is 2.31. The molecule has 20 heavy (non-hydrogen) atoms.